The molecule has 0 aromatic heterocycles. The first-order valence-corrected chi connectivity index (χ1v) is 6.86. The van der Waals surface area contributed by atoms with Gasteiger partial charge in [0.25, 0.3) is 0 Å². The van der Waals surface area contributed by atoms with Gasteiger partial charge in [0.2, 0.25) is 0 Å². The minimum Gasteiger partial charge on any atom is -0.504 e. The number of ether oxygens (including phenoxy) is 1. The lowest BCUT2D eigenvalue weighted by Gasteiger charge is -2.18. The summed E-state index contributed by atoms with van der Waals surface area (Å²) in [5.41, 5.74) is 1.73. The lowest BCUT2D eigenvalue weighted by atomic mass is 10.1. The monoisotopic (exact) mass is 311 g/mol. The molecule has 106 valence electrons. The van der Waals surface area contributed by atoms with Crippen LogP contribution in [0.4, 0.5) is 5.69 Å². The third kappa shape index (κ3) is 3.11. The number of aromatic hydroxyl groups is 1. The minimum absolute atomic E-state index is 0.0135. The van der Waals surface area contributed by atoms with Crippen LogP contribution in [0.3, 0.4) is 0 Å². The van der Waals surface area contributed by atoms with Crippen molar-refractivity contribution in [2.75, 3.05) is 12.4 Å². The molecule has 0 radical (unpaired) electrons. The first-order valence-electron chi connectivity index (χ1n) is 6.10. The number of hydrogen-bond donors (Lipinski definition) is 2. The Morgan fingerprint density at radius 1 is 1.20 bits per heavy atom. The summed E-state index contributed by atoms with van der Waals surface area (Å²) < 4.78 is 5.10. The van der Waals surface area contributed by atoms with Crippen molar-refractivity contribution < 1.29 is 9.84 Å². The van der Waals surface area contributed by atoms with Crippen LogP contribution in [0.15, 0.2) is 36.4 Å². The number of phenols is 1. The zero-order valence-corrected chi connectivity index (χ0v) is 12.7. The second-order valence-corrected chi connectivity index (χ2v) is 5.18. The molecule has 1 unspecified atom stereocenters. The third-order valence-electron chi connectivity index (χ3n) is 3.03. The summed E-state index contributed by atoms with van der Waals surface area (Å²) in [4.78, 5) is 0. The summed E-state index contributed by atoms with van der Waals surface area (Å²) in [5, 5.41) is 13.9. The molecule has 1 atom stereocenters. The summed E-state index contributed by atoms with van der Waals surface area (Å²) >= 11 is 12.1. The fourth-order valence-corrected chi connectivity index (χ4v) is 2.25. The maximum Gasteiger partial charge on any atom is 0.160 e. The molecular formula is C15H15Cl2NO2. The van der Waals surface area contributed by atoms with Crippen molar-refractivity contribution in [3.05, 3.63) is 52.0 Å². The molecule has 0 aliphatic carbocycles. The van der Waals surface area contributed by atoms with Crippen molar-refractivity contribution in [3.8, 4) is 11.5 Å². The van der Waals surface area contributed by atoms with Crippen molar-refractivity contribution in [1.82, 2.24) is 0 Å². The number of nitrogens with one attached hydrogen (secondary N) is 1. The predicted octanol–water partition coefficient (Wildman–Crippen LogP) is 4.88. The van der Waals surface area contributed by atoms with Crippen LogP contribution in [0.1, 0.15) is 18.5 Å². The van der Waals surface area contributed by atoms with Gasteiger partial charge in [-0.2, -0.15) is 0 Å². The Labute approximate surface area is 128 Å². The highest BCUT2D eigenvalue weighted by molar-refractivity contribution is 6.43. The highest BCUT2D eigenvalue weighted by Crippen LogP contribution is 2.34. The van der Waals surface area contributed by atoms with Gasteiger partial charge in [0.05, 0.1) is 22.8 Å². The standard InChI is InChI=1S/C15H15Cl2NO2/c1-9(10-6-7-13(19)14(8-10)20-2)18-12-5-3-4-11(16)15(12)17/h3-9,18-19H,1-2H3. The van der Waals surface area contributed by atoms with Crippen LogP contribution in [0, 0.1) is 0 Å². The van der Waals surface area contributed by atoms with E-state index in [9.17, 15) is 5.11 Å². The molecule has 2 N–H and O–H groups in total. The average molecular weight is 312 g/mol. The number of phenolic OH excluding ortho intramolecular Hbond substituents is 1. The maximum absolute atomic E-state index is 9.60. The van der Waals surface area contributed by atoms with Crippen LogP contribution in [-0.4, -0.2) is 12.2 Å². The molecule has 0 aliphatic rings. The summed E-state index contributed by atoms with van der Waals surface area (Å²) in [7, 11) is 1.52. The van der Waals surface area contributed by atoms with Gasteiger partial charge in [-0.3, -0.25) is 0 Å². The second kappa shape index (κ2) is 6.25. The van der Waals surface area contributed by atoms with Crippen LogP contribution < -0.4 is 10.1 Å². The smallest absolute Gasteiger partial charge is 0.160 e. The van der Waals surface area contributed by atoms with Gasteiger partial charge in [0.1, 0.15) is 0 Å². The van der Waals surface area contributed by atoms with Gasteiger partial charge >= 0.3 is 0 Å². The zero-order valence-electron chi connectivity index (χ0n) is 11.2. The number of anilines is 1. The molecule has 0 heterocycles. The van der Waals surface area contributed by atoms with Crippen molar-refractivity contribution in [1.29, 1.82) is 0 Å². The van der Waals surface area contributed by atoms with Crippen molar-refractivity contribution in [3.63, 3.8) is 0 Å². The lowest BCUT2D eigenvalue weighted by Crippen LogP contribution is -2.07. The molecule has 0 fully saturated rings. The van der Waals surface area contributed by atoms with Gasteiger partial charge in [0, 0.05) is 6.04 Å². The molecule has 2 rings (SSSR count). The van der Waals surface area contributed by atoms with Crippen LogP contribution in [-0.2, 0) is 0 Å². The van der Waals surface area contributed by atoms with Gasteiger partial charge in [-0.25, -0.2) is 0 Å². The Bertz CT molecular complexity index is 617. The Kier molecular flexibility index (Phi) is 4.63. The van der Waals surface area contributed by atoms with E-state index in [1.165, 1.54) is 7.11 Å². The molecule has 3 nitrogen and oxygen atoms in total. The molecule has 0 bridgehead atoms. The largest absolute Gasteiger partial charge is 0.504 e. The molecule has 2 aromatic rings. The van der Waals surface area contributed by atoms with Crippen molar-refractivity contribution >= 4 is 28.9 Å². The van der Waals surface area contributed by atoms with Gasteiger partial charge < -0.3 is 15.2 Å². The Morgan fingerprint density at radius 2 is 1.95 bits per heavy atom. The Hall–Kier alpha value is -1.58. The quantitative estimate of drug-likeness (QED) is 0.845. The molecule has 2 aromatic carbocycles. The second-order valence-electron chi connectivity index (χ2n) is 4.40. The highest BCUT2D eigenvalue weighted by Gasteiger charge is 2.11. The van der Waals surface area contributed by atoms with E-state index in [1.54, 1.807) is 18.2 Å². The summed E-state index contributed by atoms with van der Waals surface area (Å²) in [5.74, 6) is 0.553. The van der Waals surface area contributed by atoms with Crippen LogP contribution in [0.5, 0.6) is 11.5 Å². The molecular weight excluding hydrogens is 297 g/mol. The van der Waals surface area contributed by atoms with Crippen molar-refractivity contribution in [2.45, 2.75) is 13.0 Å². The van der Waals surface area contributed by atoms with E-state index >= 15 is 0 Å². The molecule has 0 spiro atoms. The fraction of sp³-hybridized carbons (Fsp3) is 0.200. The van der Waals surface area contributed by atoms with E-state index in [0.717, 1.165) is 11.3 Å². The SMILES string of the molecule is COc1cc(C(C)Nc2cccc(Cl)c2Cl)ccc1O. The zero-order chi connectivity index (χ0) is 14.7. The van der Waals surface area contributed by atoms with Gasteiger partial charge in [-0.15, -0.1) is 0 Å². The first kappa shape index (κ1) is 14.8. The molecule has 0 aliphatic heterocycles. The summed E-state index contributed by atoms with van der Waals surface area (Å²) in [6, 6.07) is 10.6. The number of halogens is 2. The number of methoxy groups -OCH3 is 1. The highest BCUT2D eigenvalue weighted by atomic mass is 35.5. The van der Waals surface area contributed by atoms with Gasteiger partial charge in [0.15, 0.2) is 11.5 Å². The first-order chi connectivity index (χ1) is 9.52. The minimum atomic E-state index is -0.0135. The third-order valence-corrected chi connectivity index (χ3v) is 3.85. The summed E-state index contributed by atoms with van der Waals surface area (Å²) in [6.45, 7) is 1.99. The molecule has 0 amide bonds. The average Bonchev–Trinajstić information content (AvgIpc) is 2.44. The van der Waals surface area contributed by atoms with Crippen molar-refractivity contribution in [2.24, 2.45) is 0 Å². The fourth-order valence-electron chi connectivity index (χ4n) is 1.90. The van der Waals surface area contributed by atoms with Crippen LogP contribution in [0.25, 0.3) is 0 Å². The number of benzene rings is 2. The van der Waals surface area contributed by atoms with E-state index in [0.29, 0.717) is 15.8 Å². The van der Waals surface area contributed by atoms with Gasteiger partial charge in [-0.05, 0) is 36.8 Å². The maximum atomic E-state index is 9.60. The number of hydrogen-bond acceptors (Lipinski definition) is 3. The number of rotatable bonds is 4. The normalized spacial score (nSPS) is 12.0. The molecule has 20 heavy (non-hydrogen) atoms. The lowest BCUT2D eigenvalue weighted by molar-refractivity contribution is 0.373. The van der Waals surface area contributed by atoms with E-state index < -0.39 is 0 Å². The van der Waals surface area contributed by atoms with E-state index in [2.05, 4.69) is 5.32 Å². The molecule has 0 saturated heterocycles. The van der Waals surface area contributed by atoms with E-state index in [-0.39, 0.29) is 11.8 Å². The molecule has 0 saturated carbocycles. The topological polar surface area (TPSA) is 41.5 Å². The predicted molar refractivity (Wildman–Crippen MR) is 83.2 cm³/mol. The Balaban J connectivity index is 2.24. The van der Waals surface area contributed by atoms with Crippen LogP contribution >= 0.6 is 23.2 Å². The molecule has 5 heteroatoms. The van der Waals surface area contributed by atoms with E-state index in [4.69, 9.17) is 27.9 Å². The van der Waals surface area contributed by atoms with Gasteiger partial charge in [-0.1, -0.05) is 35.3 Å². The summed E-state index contributed by atoms with van der Waals surface area (Å²) in [6.07, 6.45) is 0. The Morgan fingerprint density at radius 3 is 2.65 bits per heavy atom. The van der Waals surface area contributed by atoms with Crippen LogP contribution in [0.2, 0.25) is 10.0 Å². The van der Waals surface area contributed by atoms with E-state index in [1.807, 2.05) is 25.1 Å².